The van der Waals surface area contributed by atoms with Crippen molar-refractivity contribution in [2.75, 3.05) is 37.6 Å². The maximum Gasteiger partial charge on any atom is 0.237 e. The Morgan fingerprint density at radius 2 is 1.86 bits per heavy atom. The normalized spacial score (nSPS) is 21.1. The van der Waals surface area contributed by atoms with Crippen LogP contribution in [0.25, 0.3) is 0 Å². The van der Waals surface area contributed by atoms with Crippen molar-refractivity contribution in [3.8, 4) is 0 Å². The smallest absolute Gasteiger partial charge is 0.237 e. The van der Waals surface area contributed by atoms with Gasteiger partial charge in [-0.3, -0.25) is 19.3 Å². The first kappa shape index (κ1) is 19.1. The van der Waals surface area contributed by atoms with E-state index in [9.17, 15) is 14.4 Å². The molecular weight excluding hydrogens is 354 g/mol. The third-order valence-corrected chi connectivity index (χ3v) is 6.40. The summed E-state index contributed by atoms with van der Waals surface area (Å²) in [5.41, 5.74) is 2.64. The molecule has 0 aromatic heterocycles. The molecule has 3 aliphatic rings. The zero-order valence-electron chi connectivity index (χ0n) is 16.7. The van der Waals surface area contributed by atoms with Gasteiger partial charge in [0.1, 0.15) is 0 Å². The Kier molecular flexibility index (Phi) is 5.49. The molecule has 28 heavy (non-hydrogen) atoms. The van der Waals surface area contributed by atoms with E-state index in [4.69, 9.17) is 0 Å². The minimum absolute atomic E-state index is 0.0344. The van der Waals surface area contributed by atoms with E-state index in [-0.39, 0.29) is 24.1 Å². The molecule has 6 nitrogen and oxygen atoms in total. The van der Waals surface area contributed by atoms with Gasteiger partial charge >= 0.3 is 0 Å². The van der Waals surface area contributed by atoms with Crippen LogP contribution in [-0.4, -0.2) is 66.2 Å². The van der Waals surface area contributed by atoms with Gasteiger partial charge in [-0.25, -0.2) is 0 Å². The molecule has 0 bridgehead atoms. The number of fused-ring (bicyclic) bond motifs is 1. The van der Waals surface area contributed by atoms with Gasteiger partial charge in [0.05, 0.1) is 13.1 Å². The number of carbonyl (C=O) groups is 3. The van der Waals surface area contributed by atoms with Crippen molar-refractivity contribution in [2.24, 2.45) is 0 Å². The van der Waals surface area contributed by atoms with Crippen LogP contribution in [0.2, 0.25) is 0 Å². The van der Waals surface area contributed by atoms with E-state index in [2.05, 4.69) is 0 Å². The van der Waals surface area contributed by atoms with E-state index >= 15 is 0 Å². The highest BCUT2D eigenvalue weighted by Gasteiger charge is 2.31. The van der Waals surface area contributed by atoms with Gasteiger partial charge in [-0.1, -0.05) is 19.3 Å². The average Bonchev–Trinajstić information content (AvgIpc) is 3.12. The summed E-state index contributed by atoms with van der Waals surface area (Å²) in [6, 6.07) is 6.01. The van der Waals surface area contributed by atoms with E-state index in [0.717, 1.165) is 43.6 Å². The number of anilines is 1. The molecule has 2 fully saturated rings. The molecule has 0 atom stereocenters. The monoisotopic (exact) mass is 383 g/mol. The lowest BCUT2D eigenvalue weighted by Gasteiger charge is -2.40. The van der Waals surface area contributed by atoms with Crippen molar-refractivity contribution in [3.63, 3.8) is 0 Å². The fraction of sp³-hybridized carbons (Fsp3) is 0.591. The topological polar surface area (TPSA) is 60.9 Å². The Labute approximate surface area is 166 Å². The van der Waals surface area contributed by atoms with Crippen LogP contribution in [0, 0.1) is 0 Å². The molecular formula is C22H29N3O3. The molecule has 2 heterocycles. The van der Waals surface area contributed by atoms with Crippen molar-refractivity contribution < 1.29 is 14.4 Å². The molecule has 6 heteroatoms. The van der Waals surface area contributed by atoms with Gasteiger partial charge in [-0.05, 0) is 43.0 Å². The number of rotatable bonds is 4. The SMILES string of the molecule is CC(=O)N1CCc2cc(C(=O)CN3CCN(C4CCCCC4)C(=O)C3)ccc21. The van der Waals surface area contributed by atoms with Gasteiger partial charge in [0.15, 0.2) is 5.78 Å². The Hall–Kier alpha value is -2.21. The van der Waals surface area contributed by atoms with Crippen LogP contribution < -0.4 is 4.90 Å². The summed E-state index contributed by atoms with van der Waals surface area (Å²) in [6.07, 6.45) is 6.75. The van der Waals surface area contributed by atoms with E-state index in [1.54, 1.807) is 11.8 Å². The second-order valence-corrected chi connectivity index (χ2v) is 8.28. The first-order valence-corrected chi connectivity index (χ1v) is 10.5. The van der Waals surface area contributed by atoms with E-state index < -0.39 is 0 Å². The molecule has 0 radical (unpaired) electrons. The predicted molar refractivity (Wildman–Crippen MR) is 108 cm³/mol. The number of benzene rings is 1. The summed E-state index contributed by atoms with van der Waals surface area (Å²) in [5.74, 6) is 0.243. The molecule has 2 amide bonds. The molecule has 1 saturated heterocycles. The Bertz CT molecular complexity index is 785. The second kappa shape index (κ2) is 8.03. The molecule has 150 valence electrons. The molecule has 1 aliphatic carbocycles. The Balaban J connectivity index is 1.36. The number of hydrogen-bond acceptors (Lipinski definition) is 4. The number of carbonyl (C=O) groups excluding carboxylic acids is 3. The summed E-state index contributed by atoms with van der Waals surface area (Å²) in [4.78, 5) is 42.8. The standard InChI is InChI=1S/C22H29N3O3/c1-16(26)24-10-9-17-13-18(7-8-20(17)24)21(27)14-23-11-12-25(22(28)15-23)19-5-3-2-4-6-19/h7-8,13,19H,2-6,9-12,14-15H2,1H3. The van der Waals surface area contributed by atoms with E-state index in [0.29, 0.717) is 24.7 Å². The summed E-state index contributed by atoms with van der Waals surface area (Å²) in [6.45, 7) is 4.36. The molecule has 0 N–H and O–H groups in total. The summed E-state index contributed by atoms with van der Waals surface area (Å²) >= 11 is 0. The number of hydrogen-bond donors (Lipinski definition) is 0. The van der Waals surface area contributed by atoms with Gasteiger partial charge in [0.2, 0.25) is 11.8 Å². The number of amides is 2. The van der Waals surface area contributed by atoms with E-state index in [1.807, 2.05) is 28.0 Å². The molecule has 0 unspecified atom stereocenters. The highest BCUT2D eigenvalue weighted by Crippen LogP contribution is 2.29. The highest BCUT2D eigenvalue weighted by atomic mass is 16.2. The number of ketones is 1. The maximum atomic E-state index is 12.8. The summed E-state index contributed by atoms with van der Waals surface area (Å²) in [7, 11) is 0. The summed E-state index contributed by atoms with van der Waals surface area (Å²) < 4.78 is 0. The molecule has 4 rings (SSSR count). The lowest BCUT2D eigenvalue weighted by molar-refractivity contribution is -0.139. The average molecular weight is 383 g/mol. The van der Waals surface area contributed by atoms with Crippen molar-refractivity contribution in [1.82, 2.24) is 9.80 Å². The zero-order chi connectivity index (χ0) is 19.7. The van der Waals surface area contributed by atoms with Crippen molar-refractivity contribution in [2.45, 2.75) is 51.5 Å². The Morgan fingerprint density at radius 1 is 1.07 bits per heavy atom. The van der Waals surface area contributed by atoms with Crippen LogP contribution in [-0.2, 0) is 16.0 Å². The number of piperazine rings is 1. The van der Waals surface area contributed by atoms with E-state index in [1.165, 1.54) is 19.3 Å². The van der Waals surface area contributed by atoms with Gasteiger partial charge in [-0.2, -0.15) is 0 Å². The first-order valence-electron chi connectivity index (χ1n) is 10.5. The fourth-order valence-corrected chi connectivity index (χ4v) is 4.85. The molecule has 1 saturated carbocycles. The van der Waals surface area contributed by atoms with Crippen LogP contribution in [0.3, 0.4) is 0 Å². The third kappa shape index (κ3) is 3.83. The van der Waals surface area contributed by atoms with Crippen molar-refractivity contribution in [3.05, 3.63) is 29.3 Å². The highest BCUT2D eigenvalue weighted by molar-refractivity contribution is 6.00. The van der Waals surface area contributed by atoms with Gasteiger partial charge in [0.25, 0.3) is 0 Å². The fourth-order valence-electron chi connectivity index (χ4n) is 4.85. The lowest BCUT2D eigenvalue weighted by Crippen LogP contribution is -2.55. The largest absolute Gasteiger partial charge is 0.337 e. The van der Waals surface area contributed by atoms with Crippen molar-refractivity contribution in [1.29, 1.82) is 0 Å². The van der Waals surface area contributed by atoms with Gasteiger partial charge in [0, 0.05) is 43.9 Å². The third-order valence-electron chi connectivity index (χ3n) is 6.40. The predicted octanol–water partition coefficient (Wildman–Crippen LogP) is 2.26. The Morgan fingerprint density at radius 3 is 2.57 bits per heavy atom. The number of nitrogens with zero attached hydrogens (tertiary/aromatic N) is 3. The quantitative estimate of drug-likeness (QED) is 0.749. The van der Waals surface area contributed by atoms with Crippen LogP contribution >= 0.6 is 0 Å². The first-order chi connectivity index (χ1) is 13.5. The number of Topliss-reactive ketones (excluding diaryl/α,β-unsaturated/α-hetero) is 1. The van der Waals surface area contributed by atoms with Crippen molar-refractivity contribution >= 4 is 23.3 Å². The molecule has 1 aromatic carbocycles. The maximum absolute atomic E-state index is 12.8. The molecule has 2 aliphatic heterocycles. The van der Waals surface area contributed by atoms with Crippen LogP contribution in [0.1, 0.15) is 54.9 Å². The van der Waals surface area contributed by atoms with Crippen LogP contribution in [0.15, 0.2) is 18.2 Å². The van der Waals surface area contributed by atoms with Gasteiger partial charge in [-0.15, -0.1) is 0 Å². The molecule has 1 aromatic rings. The zero-order valence-corrected chi connectivity index (χ0v) is 16.7. The van der Waals surface area contributed by atoms with Crippen LogP contribution in [0.4, 0.5) is 5.69 Å². The minimum Gasteiger partial charge on any atom is -0.337 e. The minimum atomic E-state index is 0.0344. The summed E-state index contributed by atoms with van der Waals surface area (Å²) in [5, 5.41) is 0. The van der Waals surface area contributed by atoms with Crippen LogP contribution in [0.5, 0.6) is 0 Å². The second-order valence-electron chi connectivity index (χ2n) is 8.28. The lowest BCUT2D eigenvalue weighted by atomic mass is 9.93. The molecule has 0 spiro atoms. The van der Waals surface area contributed by atoms with Gasteiger partial charge < -0.3 is 9.80 Å².